The van der Waals surface area contributed by atoms with Crippen LogP contribution in [0.25, 0.3) is 0 Å². The van der Waals surface area contributed by atoms with Gasteiger partial charge in [0, 0.05) is 6.04 Å². The fourth-order valence-electron chi connectivity index (χ4n) is 2.85. The number of ether oxygens (including phenoxy) is 1. The molecule has 2 rings (SSSR count). The predicted octanol–water partition coefficient (Wildman–Crippen LogP) is 3.33. The summed E-state index contributed by atoms with van der Waals surface area (Å²) in [6.45, 7) is 4.33. The number of nitrogens with one attached hydrogen (secondary N) is 1. The topological polar surface area (TPSA) is 21.3 Å². The molecule has 0 saturated heterocycles. The Morgan fingerprint density at radius 1 is 1.22 bits per heavy atom. The van der Waals surface area contributed by atoms with Crippen molar-refractivity contribution < 1.29 is 4.74 Å². The molecular weight excluding hydrogens is 222 g/mol. The lowest BCUT2D eigenvalue weighted by Gasteiger charge is -2.24. The average molecular weight is 247 g/mol. The van der Waals surface area contributed by atoms with E-state index in [9.17, 15) is 0 Å². The van der Waals surface area contributed by atoms with Crippen LogP contribution in [0, 0.1) is 0 Å². The molecule has 0 spiro atoms. The normalized spacial score (nSPS) is 17.9. The lowest BCUT2D eigenvalue weighted by atomic mass is 9.92. The second-order valence-electron chi connectivity index (χ2n) is 5.26. The van der Waals surface area contributed by atoms with E-state index < -0.39 is 0 Å². The molecule has 1 N–H and O–H groups in total. The molecule has 0 aliphatic heterocycles. The van der Waals surface area contributed by atoms with Gasteiger partial charge in [0.1, 0.15) is 11.9 Å². The molecule has 18 heavy (non-hydrogen) atoms. The predicted molar refractivity (Wildman–Crippen MR) is 76.3 cm³/mol. The van der Waals surface area contributed by atoms with E-state index >= 15 is 0 Å². The van der Waals surface area contributed by atoms with E-state index in [1.54, 1.807) is 0 Å². The van der Waals surface area contributed by atoms with Gasteiger partial charge in [-0.15, -0.1) is 0 Å². The van der Waals surface area contributed by atoms with Crippen LogP contribution in [-0.4, -0.2) is 19.2 Å². The fraction of sp³-hybridized carbons (Fsp3) is 0.625. The minimum Gasteiger partial charge on any atom is -0.489 e. The van der Waals surface area contributed by atoms with Crippen molar-refractivity contribution in [2.75, 3.05) is 7.05 Å². The Balaban J connectivity index is 2.05. The molecular formula is C16H25NO. The number of hydrogen-bond acceptors (Lipinski definition) is 2. The van der Waals surface area contributed by atoms with Crippen molar-refractivity contribution in [3.05, 3.63) is 29.3 Å². The van der Waals surface area contributed by atoms with Gasteiger partial charge in [0.05, 0.1) is 0 Å². The Kier molecular flexibility index (Phi) is 4.65. The molecule has 2 unspecified atom stereocenters. The molecule has 0 radical (unpaired) electrons. The fourth-order valence-corrected chi connectivity index (χ4v) is 2.85. The van der Waals surface area contributed by atoms with Crippen LogP contribution in [0.15, 0.2) is 18.2 Å². The summed E-state index contributed by atoms with van der Waals surface area (Å²) in [6.07, 6.45) is 6.40. The number of likely N-dealkylation sites (N-methyl/N-ethyl adjacent to an activating group) is 1. The van der Waals surface area contributed by atoms with Crippen molar-refractivity contribution in [1.29, 1.82) is 0 Å². The quantitative estimate of drug-likeness (QED) is 0.861. The second-order valence-corrected chi connectivity index (χ2v) is 5.26. The van der Waals surface area contributed by atoms with Crippen molar-refractivity contribution >= 4 is 0 Å². The van der Waals surface area contributed by atoms with Crippen LogP contribution in [0.4, 0.5) is 0 Å². The zero-order valence-electron chi connectivity index (χ0n) is 11.8. The summed E-state index contributed by atoms with van der Waals surface area (Å²) in [5, 5.41) is 3.31. The zero-order valence-corrected chi connectivity index (χ0v) is 11.8. The van der Waals surface area contributed by atoms with Gasteiger partial charge >= 0.3 is 0 Å². The first-order valence-electron chi connectivity index (χ1n) is 7.20. The zero-order chi connectivity index (χ0) is 13.0. The highest BCUT2D eigenvalue weighted by Crippen LogP contribution is 2.26. The Bertz CT molecular complexity index is 385. The minimum atomic E-state index is 0.210. The standard InChI is InChI=1S/C16H25NO/c1-4-16(17-3)12(2)18-15-10-9-13-7-5-6-8-14(13)11-15/h9-12,16-17H,4-8H2,1-3H3. The third kappa shape index (κ3) is 3.05. The van der Waals surface area contributed by atoms with Crippen LogP contribution >= 0.6 is 0 Å². The van der Waals surface area contributed by atoms with Crippen molar-refractivity contribution in [2.45, 2.75) is 58.1 Å². The van der Waals surface area contributed by atoms with Crippen LogP contribution in [0.2, 0.25) is 0 Å². The smallest absolute Gasteiger partial charge is 0.120 e. The molecule has 1 aromatic carbocycles. The summed E-state index contributed by atoms with van der Waals surface area (Å²) in [4.78, 5) is 0. The number of aryl methyl sites for hydroxylation is 2. The molecule has 0 aromatic heterocycles. The highest BCUT2D eigenvalue weighted by molar-refractivity contribution is 5.37. The van der Waals surface area contributed by atoms with E-state index in [0.717, 1.165) is 12.2 Å². The maximum atomic E-state index is 6.06. The first-order chi connectivity index (χ1) is 8.74. The summed E-state index contributed by atoms with van der Waals surface area (Å²) in [5.74, 6) is 1.02. The van der Waals surface area contributed by atoms with Crippen LogP contribution in [-0.2, 0) is 12.8 Å². The van der Waals surface area contributed by atoms with Gasteiger partial charge in [-0.05, 0) is 69.3 Å². The second kappa shape index (κ2) is 6.24. The van der Waals surface area contributed by atoms with Gasteiger partial charge in [0.2, 0.25) is 0 Å². The molecule has 0 bridgehead atoms. The van der Waals surface area contributed by atoms with Gasteiger partial charge in [-0.25, -0.2) is 0 Å². The van der Waals surface area contributed by atoms with E-state index in [1.807, 2.05) is 7.05 Å². The van der Waals surface area contributed by atoms with Crippen LogP contribution in [0.5, 0.6) is 5.75 Å². The molecule has 1 aliphatic rings. The van der Waals surface area contributed by atoms with E-state index in [0.29, 0.717) is 6.04 Å². The van der Waals surface area contributed by atoms with Gasteiger partial charge in [-0.2, -0.15) is 0 Å². The van der Waals surface area contributed by atoms with Crippen LogP contribution < -0.4 is 10.1 Å². The largest absolute Gasteiger partial charge is 0.489 e. The summed E-state index contributed by atoms with van der Waals surface area (Å²) in [5.41, 5.74) is 3.00. The third-order valence-corrected chi connectivity index (χ3v) is 4.02. The van der Waals surface area contributed by atoms with E-state index in [1.165, 1.54) is 36.8 Å². The van der Waals surface area contributed by atoms with Crippen molar-refractivity contribution in [3.63, 3.8) is 0 Å². The van der Waals surface area contributed by atoms with Crippen LogP contribution in [0.3, 0.4) is 0 Å². The first-order valence-corrected chi connectivity index (χ1v) is 7.20. The van der Waals surface area contributed by atoms with Crippen molar-refractivity contribution in [3.8, 4) is 5.75 Å². The van der Waals surface area contributed by atoms with E-state index in [2.05, 4.69) is 37.4 Å². The van der Waals surface area contributed by atoms with Crippen molar-refractivity contribution in [1.82, 2.24) is 5.32 Å². The average Bonchev–Trinajstić information content (AvgIpc) is 2.40. The molecule has 100 valence electrons. The summed E-state index contributed by atoms with van der Waals surface area (Å²) < 4.78 is 6.06. The van der Waals surface area contributed by atoms with Gasteiger partial charge in [0.25, 0.3) is 0 Å². The van der Waals surface area contributed by atoms with Crippen LogP contribution in [0.1, 0.15) is 44.2 Å². The molecule has 2 nitrogen and oxygen atoms in total. The molecule has 2 heteroatoms. The van der Waals surface area contributed by atoms with Gasteiger partial charge in [-0.1, -0.05) is 13.0 Å². The maximum Gasteiger partial charge on any atom is 0.120 e. The van der Waals surface area contributed by atoms with Gasteiger partial charge in [-0.3, -0.25) is 0 Å². The number of hydrogen-bond donors (Lipinski definition) is 1. The van der Waals surface area contributed by atoms with E-state index in [4.69, 9.17) is 4.74 Å². The summed E-state index contributed by atoms with van der Waals surface area (Å²) in [6, 6.07) is 7.04. The van der Waals surface area contributed by atoms with Gasteiger partial charge in [0.15, 0.2) is 0 Å². The first kappa shape index (κ1) is 13.4. The lowest BCUT2D eigenvalue weighted by Crippen LogP contribution is -2.38. The number of benzene rings is 1. The monoisotopic (exact) mass is 247 g/mol. The Morgan fingerprint density at radius 2 is 1.94 bits per heavy atom. The molecule has 1 aliphatic carbocycles. The Hall–Kier alpha value is -1.02. The molecule has 0 saturated carbocycles. The highest BCUT2D eigenvalue weighted by Gasteiger charge is 2.16. The van der Waals surface area contributed by atoms with Crippen molar-refractivity contribution in [2.24, 2.45) is 0 Å². The van der Waals surface area contributed by atoms with Gasteiger partial charge < -0.3 is 10.1 Å². The molecule has 0 fully saturated rings. The molecule has 2 atom stereocenters. The SMILES string of the molecule is CCC(NC)C(C)Oc1ccc2c(c1)CCCC2. The Morgan fingerprint density at radius 3 is 2.61 bits per heavy atom. The highest BCUT2D eigenvalue weighted by atomic mass is 16.5. The summed E-state index contributed by atoms with van der Waals surface area (Å²) in [7, 11) is 2.00. The molecule has 1 aromatic rings. The number of rotatable bonds is 5. The van der Waals surface area contributed by atoms with E-state index in [-0.39, 0.29) is 6.10 Å². The third-order valence-electron chi connectivity index (χ3n) is 4.02. The number of fused-ring (bicyclic) bond motifs is 1. The molecule has 0 heterocycles. The Labute approximate surface area is 111 Å². The molecule has 0 amide bonds. The summed E-state index contributed by atoms with van der Waals surface area (Å²) >= 11 is 0. The lowest BCUT2D eigenvalue weighted by molar-refractivity contribution is 0.171. The minimum absolute atomic E-state index is 0.210. The maximum absolute atomic E-state index is 6.06.